The van der Waals surface area contributed by atoms with E-state index in [0.717, 1.165) is 29.3 Å². The lowest BCUT2D eigenvalue weighted by Crippen LogP contribution is -2.22. The Morgan fingerprint density at radius 2 is 2.25 bits per heavy atom. The highest BCUT2D eigenvalue weighted by Crippen LogP contribution is 2.11. The van der Waals surface area contributed by atoms with Crippen LogP contribution in [0.5, 0.6) is 0 Å². The van der Waals surface area contributed by atoms with Crippen LogP contribution in [-0.4, -0.2) is 16.2 Å². The van der Waals surface area contributed by atoms with Gasteiger partial charge >= 0.3 is 0 Å². The van der Waals surface area contributed by atoms with Crippen LogP contribution in [0.1, 0.15) is 29.8 Å². The molecule has 0 bridgehead atoms. The minimum absolute atomic E-state index is 0.252. The predicted octanol–water partition coefficient (Wildman–Crippen LogP) is 1.52. The maximum Gasteiger partial charge on any atom is 0.118 e. The molecule has 68 valence electrons. The van der Waals surface area contributed by atoms with Crippen LogP contribution in [0.25, 0.3) is 0 Å². The van der Waals surface area contributed by atoms with Crippen molar-refractivity contribution in [3.05, 3.63) is 10.0 Å². The van der Waals surface area contributed by atoms with Gasteiger partial charge < -0.3 is 5.73 Å². The summed E-state index contributed by atoms with van der Waals surface area (Å²) in [5, 5.41) is 10.1. The molecular weight excluding hydrogens is 170 g/mol. The number of hydrogen-bond acceptors (Lipinski definition) is 4. The van der Waals surface area contributed by atoms with E-state index in [2.05, 4.69) is 17.1 Å². The van der Waals surface area contributed by atoms with E-state index < -0.39 is 0 Å². The van der Waals surface area contributed by atoms with E-state index in [-0.39, 0.29) is 6.04 Å². The van der Waals surface area contributed by atoms with Crippen LogP contribution < -0.4 is 5.73 Å². The molecule has 1 unspecified atom stereocenters. The average molecular weight is 185 g/mol. The maximum atomic E-state index is 5.86. The van der Waals surface area contributed by atoms with Crippen LogP contribution in [0.3, 0.4) is 0 Å². The van der Waals surface area contributed by atoms with Crippen LogP contribution >= 0.6 is 11.3 Å². The molecule has 0 aliphatic carbocycles. The molecule has 1 rings (SSSR count). The van der Waals surface area contributed by atoms with Gasteiger partial charge in [-0.15, -0.1) is 21.5 Å². The van der Waals surface area contributed by atoms with Crippen molar-refractivity contribution in [1.29, 1.82) is 0 Å². The Morgan fingerprint density at radius 1 is 1.50 bits per heavy atom. The van der Waals surface area contributed by atoms with Crippen molar-refractivity contribution in [2.75, 3.05) is 0 Å². The van der Waals surface area contributed by atoms with E-state index in [4.69, 9.17) is 5.73 Å². The van der Waals surface area contributed by atoms with Crippen molar-refractivity contribution < 1.29 is 0 Å². The molecule has 1 aromatic heterocycles. The molecule has 1 aromatic rings. The SMILES string of the molecule is CCCC(N)Cc1nnc(C)s1. The van der Waals surface area contributed by atoms with Gasteiger partial charge in [-0.3, -0.25) is 0 Å². The molecule has 0 spiro atoms. The number of rotatable bonds is 4. The Kier molecular flexibility index (Phi) is 3.62. The smallest absolute Gasteiger partial charge is 0.118 e. The molecule has 3 nitrogen and oxygen atoms in total. The largest absolute Gasteiger partial charge is 0.327 e. The van der Waals surface area contributed by atoms with E-state index >= 15 is 0 Å². The van der Waals surface area contributed by atoms with E-state index in [0.29, 0.717) is 0 Å². The van der Waals surface area contributed by atoms with E-state index in [1.54, 1.807) is 11.3 Å². The van der Waals surface area contributed by atoms with Crippen molar-refractivity contribution >= 4 is 11.3 Å². The van der Waals surface area contributed by atoms with Gasteiger partial charge in [-0.2, -0.15) is 0 Å². The lowest BCUT2D eigenvalue weighted by Gasteiger charge is -2.05. The van der Waals surface area contributed by atoms with E-state index in [1.165, 1.54) is 0 Å². The van der Waals surface area contributed by atoms with Crippen molar-refractivity contribution in [2.24, 2.45) is 5.73 Å². The molecular formula is C8H15N3S. The molecule has 0 saturated carbocycles. The molecule has 1 atom stereocenters. The van der Waals surface area contributed by atoms with Crippen molar-refractivity contribution in [3.63, 3.8) is 0 Å². The van der Waals surface area contributed by atoms with E-state index in [9.17, 15) is 0 Å². The third-order valence-corrected chi connectivity index (χ3v) is 2.53. The molecule has 2 N–H and O–H groups in total. The lowest BCUT2D eigenvalue weighted by molar-refractivity contribution is 0.596. The molecule has 1 heterocycles. The number of hydrogen-bond donors (Lipinski definition) is 1. The molecule has 12 heavy (non-hydrogen) atoms. The lowest BCUT2D eigenvalue weighted by atomic mass is 10.1. The van der Waals surface area contributed by atoms with Crippen molar-refractivity contribution in [2.45, 2.75) is 39.2 Å². The van der Waals surface area contributed by atoms with Crippen LogP contribution in [0.15, 0.2) is 0 Å². The van der Waals surface area contributed by atoms with E-state index in [1.807, 2.05) is 6.92 Å². The van der Waals surface area contributed by atoms with Gasteiger partial charge in [0.15, 0.2) is 0 Å². The first-order valence-electron chi connectivity index (χ1n) is 4.27. The second-order valence-electron chi connectivity index (χ2n) is 2.97. The zero-order valence-electron chi connectivity index (χ0n) is 7.58. The Hall–Kier alpha value is -0.480. The van der Waals surface area contributed by atoms with Crippen molar-refractivity contribution in [1.82, 2.24) is 10.2 Å². The summed E-state index contributed by atoms with van der Waals surface area (Å²) in [6.45, 7) is 4.11. The van der Waals surface area contributed by atoms with Gasteiger partial charge in [-0.25, -0.2) is 0 Å². The number of aryl methyl sites for hydroxylation is 1. The third-order valence-electron chi connectivity index (χ3n) is 1.66. The topological polar surface area (TPSA) is 51.8 Å². The maximum absolute atomic E-state index is 5.86. The molecule has 0 radical (unpaired) electrons. The van der Waals surface area contributed by atoms with Gasteiger partial charge in [0, 0.05) is 12.5 Å². The first kappa shape index (κ1) is 9.61. The summed E-state index contributed by atoms with van der Waals surface area (Å²) in [5.74, 6) is 0. The van der Waals surface area contributed by atoms with Crippen LogP contribution in [0.4, 0.5) is 0 Å². The van der Waals surface area contributed by atoms with Gasteiger partial charge in [0.25, 0.3) is 0 Å². The molecule has 0 saturated heterocycles. The minimum atomic E-state index is 0.252. The summed E-state index contributed by atoms with van der Waals surface area (Å²) < 4.78 is 0. The summed E-state index contributed by atoms with van der Waals surface area (Å²) in [6, 6.07) is 0.252. The fraction of sp³-hybridized carbons (Fsp3) is 0.750. The fourth-order valence-corrected chi connectivity index (χ4v) is 1.92. The Morgan fingerprint density at radius 3 is 2.75 bits per heavy atom. The van der Waals surface area contributed by atoms with Crippen molar-refractivity contribution in [3.8, 4) is 0 Å². The highest BCUT2D eigenvalue weighted by atomic mass is 32.1. The number of nitrogens with two attached hydrogens (primary N) is 1. The summed E-state index contributed by atoms with van der Waals surface area (Å²) in [4.78, 5) is 0. The molecule has 0 aliphatic heterocycles. The highest BCUT2D eigenvalue weighted by molar-refractivity contribution is 7.11. The second-order valence-corrected chi connectivity index (χ2v) is 4.23. The second kappa shape index (κ2) is 4.52. The number of aromatic nitrogens is 2. The molecule has 0 fully saturated rings. The standard InChI is InChI=1S/C8H15N3S/c1-3-4-7(9)5-8-11-10-6(2)12-8/h7H,3-5,9H2,1-2H3. The Labute approximate surface area is 77.0 Å². The van der Waals surface area contributed by atoms with Gasteiger partial charge in [0.2, 0.25) is 0 Å². The summed E-state index contributed by atoms with van der Waals surface area (Å²) >= 11 is 1.64. The zero-order chi connectivity index (χ0) is 8.97. The average Bonchev–Trinajstić information content (AvgIpc) is 2.36. The Bertz CT molecular complexity index is 234. The fourth-order valence-electron chi connectivity index (χ4n) is 1.12. The Balaban J connectivity index is 2.41. The monoisotopic (exact) mass is 185 g/mol. The highest BCUT2D eigenvalue weighted by Gasteiger charge is 2.06. The third kappa shape index (κ3) is 2.87. The summed E-state index contributed by atoms with van der Waals surface area (Å²) in [7, 11) is 0. The first-order chi connectivity index (χ1) is 5.72. The zero-order valence-corrected chi connectivity index (χ0v) is 8.40. The molecule has 4 heteroatoms. The van der Waals surface area contributed by atoms with Crippen LogP contribution in [0.2, 0.25) is 0 Å². The van der Waals surface area contributed by atoms with Crippen LogP contribution in [0, 0.1) is 6.92 Å². The molecule has 0 aliphatic rings. The minimum Gasteiger partial charge on any atom is -0.327 e. The van der Waals surface area contributed by atoms with Gasteiger partial charge in [-0.1, -0.05) is 13.3 Å². The van der Waals surface area contributed by atoms with Crippen LogP contribution in [-0.2, 0) is 6.42 Å². The van der Waals surface area contributed by atoms with Gasteiger partial charge in [-0.05, 0) is 13.3 Å². The number of nitrogens with zero attached hydrogens (tertiary/aromatic N) is 2. The first-order valence-corrected chi connectivity index (χ1v) is 5.08. The normalized spacial score (nSPS) is 13.2. The molecule has 0 aromatic carbocycles. The summed E-state index contributed by atoms with van der Waals surface area (Å²) in [5.41, 5.74) is 5.86. The predicted molar refractivity (Wildman–Crippen MR) is 51.2 cm³/mol. The van der Waals surface area contributed by atoms with Gasteiger partial charge in [0.05, 0.1) is 0 Å². The van der Waals surface area contributed by atoms with Gasteiger partial charge in [0.1, 0.15) is 10.0 Å². The molecule has 0 amide bonds. The quantitative estimate of drug-likeness (QED) is 0.773. The summed E-state index contributed by atoms with van der Waals surface area (Å²) in [6.07, 6.45) is 3.08.